The van der Waals surface area contributed by atoms with Gasteiger partial charge in [-0.15, -0.1) is 22.7 Å². The number of thiophene rings is 2. The molecule has 0 aliphatic carbocycles. The van der Waals surface area contributed by atoms with E-state index in [0.29, 0.717) is 0 Å². The summed E-state index contributed by atoms with van der Waals surface area (Å²) >= 11 is 3.86. The molecule has 0 atom stereocenters. The molecule has 0 fully saturated rings. The van der Waals surface area contributed by atoms with Crippen molar-refractivity contribution in [1.82, 2.24) is 9.13 Å². The first-order valence-electron chi connectivity index (χ1n) is 13.6. The van der Waals surface area contributed by atoms with Gasteiger partial charge in [0.2, 0.25) is 0 Å². The summed E-state index contributed by atoms with van der Waals surface area (Å²) < 4.78 is 10.4. The minimum absolute atomic E-state index is 1.21. The van der Waals surface area contributed by atoms with Gasteiger partial charge in [0.1, 0.15) is 0 Å². The Morgan fingerprint density at radius 2 is 0.600 bits per heavy atom. The number of nitrogens with zero attached hydrogens (tertiary/aromatic N) is 2. The molecule has 4 aromatic heterocycles. The molecule has 184 valence electrons. The molecule has 4 heteroatoms. The van der Waals surface area contributed by atoms with Gasteiger partial charge in [-0.25, -0.2) is 0 Å². The average molecular weight is 543 g/mol. The van der Waals surface area contributed by atoms with Crippen molar-refractivity contribution in [3.63, 3.8) is 0 Å². The van der Waals surface area contributed by atoms with Gasteiger partial charge in [-0.1, -0.05) is 36.4 Å². The second kappa shape index (κ2) is 6.73. The predicted molar refractivity (Wildman–Crippen MR) is 174 cm³/mol. The van der Waals surface area contributed by atoms with Crippen molar-refractivity contribution in [1.29, 1.82) is 0 Å². The van der Waals surface area contributed by atoms with Crippen LogP contribution in [0, 0.1) is 0 Å². The van der Waals surface area contributed by atoms with Crippen LogP contribution in [0.3, 0.4) is 0 Å². The van der Waals surface area contributed by atoms with E-state index in [4.69, 9.17) is 0 Å². The van der Waals surface area contributed by atoms with Crippen molar-refractivity contribution >= 4 is 107 Å². The number of aromatic nitrogens is 2. The van der Waals surface area contributed by atoms with Crippen LogP contribution in [0.4, 0.5) is 0 Å². The standard InChI is InChI=1S/C36H18N2S2/c1-3-7-19(8-4-1)37-21-11-15-25-33-29(21)30-22(37)12-16-26-34(30)36-28(40-26)18-14-24-32(36)31-23(13-17-27(39-25)35(31)33)38(24)20-9-5-2-6-10-20/h1-18H. The van der Waals surface area contributed by atoms with E-state index in [-0.39, 0.29) is 0 Å². The third kappa shape index (κ3) is 2.15. The maximum absolute atomic E-state index is 2.48. The Bertz CT molecular complexity index is 2400. The van der Waals surface area contributed by atoms with Crippen molar-refractivity contribution in [2.24, 2.45) is 0 Å². The fraction of sp³-hybridized carbons (Fsp3) is 0. The van der Waals surface area contributed by atoms with Gasteiger partial charge < -0.3 is 9.13 Å². The van der Waals surface area contributed by atoms with Gasteiger partial charge in [0, 0.05) is 73.3 Å². The van der Waals surface area contributed by atoms with Crippen LogP contribution in [0.15, 0.2) is 109 Å². The van der Waals surface area contributed by atoms with E-state index in [1.54, 1.807) is 0 Å². The van der Waals surface area contributed by atoms with Crippen molar-refractivity contribution in [3.05, 3.63) is 109 Å². The Morgan fingerprint density at radius 3 is 0.900 bits per heavy atom. The number of benzene rings is 6. The van der Waals surface area contributed by atoms with Crippen LogP contribution >= 0.6 is 22.7 Å². The summed E-state index contributed by atoms with van der Waals surface area (Å²) in [4.78, 5) is 0. The lowest BCUT2D eigenvalue weighted by Gasteiger charge is -2.08. The molecule has 0 aliphatic heterocycles. The van der Waals surface area contributed by atoms with Crippen LogP contribution in [-0.4, -0.2) is 9.13 Å². The molecule has 7 aromatic carbocycles. The molecule has 0 aliphatic rings. The zero-order valence-corrected chi connectivity index (χ0v) is 22.7. The lowest BCUT2D eigenvalue weighted by Crippen LogP contribution is -1.93. The van der Waals surface area contributed by atoms with Crippen LogP contribution in [0.2, 0.25) is 0 Å². The Morgan fingerprint density at radius 1 is 0.300 bits per heavy atom. The normalized spacial score (nSPS) is 13.0. The van der Waals surface area contributed by atoms with Crippen molar-refractivity contribution in [3.8, 4) is 11.4 Å². The molecule has 40 heavy (non-hydrogen) atoms. The molecule has 0 spiro atoms. The van der Waals surface area contributed by atoms with Gasteiger partial charge in [0.15, 0.2) is 0 Å². The van der Waals surface area contributed by atoms with Gasteiger partial charge in [-0.2, -0.15) is 0 Å². The van der Waals surface area contributed by atoms with E-state index < -0.39 is 0 Å². The predicted octanol–water partition coefficient (Wildman–Crippen LogP) is 10.9. The first-order valence-corrected chi connectivity index (χ1v) is 15.3. The fourth-order valence-electron chi connectivity index (χ4n) is 7.59. The summed E-state index contributed by atoms with van der Waals surface area (Å²) in [5, 5.41) is 11.2. The third-order valence-electron chi connectivity index (χ3n) is 9.01. The first kappa shape index (κ1) is 20.3. The van der Waals surface area contributed by atoms with Gasteiger partial charge in [-0.05, 0) is 72.8 Å². The smallest absolute Gasteiger partial charge is 0.0548 e. The second-order valence-corrected chi connectivity index (χ2v) is 13.0. The molecule has 0 amide bonds. The Hall–Kier alpha value is -4.64. The molecule has 0 N–H and O–H groups in total. The van der Waals surface area contributed by atoms with Crippen LogP contribution in [0.1, 0.15) is 0 Å². The summed E-state index contributed by atoms with van der Waals surface area (Å²) in [6.07, 6.45) is 0. The highest BCUT2D eigenvalue weighted by molar-refractivity contribution is 7.27. The van der Waals surface area contributed by atoms with Gasteiger partial charge in [0.25, 0.3) is 0 Å². The zero-order chi connectivity index (χ0) is 25.7. The largest absolute Gasteiger partial charge is 0.309 e. The Kier molecular flexibility index (Phi) is 3.42. The summed E-state index contributed by atoms with van der Waals surface area (Å²) in [5.41, 5.74) is 7.57. The highest BCUT2D eigenvalue weighted by atomic mass is 32.1. The van der Waals surface area contributed by atoms with Gasteiger partial charge in [-0.3, -0.25) is 0 Å². The minimum atomic E-state index is 1.21. The topological polar surface area (TPSA) is 9.86 Å². The lowest BCUT2D eigenvalue weighted by atomic mass is 9.95. The summed E-state index contributed by atoms with van der Waals surface area (Å²) in [5.74, 6) is 0. The number of hydrogen-bond acceptors (Lipinski definition) is 2. The van der Waals surface area contributed by atoms with Crippen molar-refractivity contribution in [2.75, 3.05) is 0 Å². The van der Waals surface area contributed by atoms with E-state index in [0.717, 1.165) is 0 Å². The molecule has 2 nitrogen and oxygen atoms in total. The Labute approximate surface area is 235 Å². The summed E-state index contributed by atoms with van der Waals surface area (Å²) in [6, 6.07) is 40.6. The van der Waals surface area contributed by atoms with Crippen LogP contribution in [0.25, 0.3) is 95.3 Å². The van der Waals surface area contributed by atoms with E-state index >= 15 is 0 Å². The van der Waals surface area contributed by atoms with Crippen LogP contribution < -0.4 is 0 Å². The molecule has 0 radical (unpaired) electrons. The first-order chi connectivity index (χ1) is 19.9. The summed E-state index contributed by atoms with van der Waals surface area (Å²) in [7, 11) is 0. The molecular weight excluding hydrogens is 525 g/mol. The SMILES string of the molecule is c1ccc(-n2c3ccc4sc5ccc6c7c5c4c3c3c4c(ccc32)sc2ccc(c7c24)n6-c2ccccc2)cc1. The molecule has 0 bridgehead atoms. The molecule has 0 unspecified atom stereocenters. The molecule has 0 saturated carbocycles. The van der Waals surface area contributed by atoms with E-state index in [1.165, 1.54) is 95.3 Å². The average Bonchev–Trinajstić information content (AvgIpc) is 3.72. The third-order valence-corrected chi connectivity index (χ3v) is 11.3. The maximum Gasteiger partial charge on any atom is 0.0548 e. The highest BCUT2D eigenvalue weighted by Crippen LogP contribution is 2.54. The lowest BCUT2D eigenvalue weighted by molar-refractivity contribution is 1.18. The minimum Gasteiger partial charge on any atom is -0.309 e. The van der Waals surface area contributed by atoms with E-state index in [9.17, 15) is 0 Å². The van der Waals surface area contributed by atoms with Gasteiger partial charge >= 0.3 is 0 Å². The monoisotopic (exact) mass is 542 g/mol. The zero-order valence-electron chi connectivity index (χ0n) is 21.1. The summed E-state index contributed by atoms with van der Waals surface area (Å²) in [6.45, 7) is 0. The van der Waals surface area contributed by atoms with Gasteiger partial charge in [0.05, 0.1) is 22.1 Å². The van der Waals surface area contributed by atoms with Crippen molar-refractivity contribution in [2.45, 2.75) is 0 Å². The van der Waals surface area contributed by atoms with E-state index in [1.807, 2.05) is 22.7 Å². The molecule has 4 heterocycles. The maximum atomic E-state index is 2.48. The number of para-hydroxylation sites is 2. The van der Waals surface area contributed by atoms with E-state index in [2.05, 4.69) is 118 Å². The Balaban J connectivity index is 1.55. The quantitative estimate of drug-likeness (QED) is 0.206. The number of hydrogen-bond donors (Lipinski definition) is 0. The molecule has 0 saturated heterocycles. The molecular formula is C36H18N2S2. The fourth-order valence-corrected chi connectivity index (χ4v) is 9.83. The number of rotatable bonds is 2. The highest BCUT2D eigenvalue weighted by Gasteiger charge is 2.27. The van der Waals surface area contributed by atoms with Crippen LogP contribution in [-0.2, 0) is 0 Å². The van der Waals surface area contributed by atoms with Crippen molar-refractivity contribution < 1.29 is 0 Å². The van der Waals surface area contributed by atoms with Crippen LogP contribution in [0.5, 0.6) is 0 Å². The second-order valence-electron chi connectivity index (χ2n) is 10.9. The molecule has 11 rings (SSSR count). The molecule has 11 aromatic rings.